The summed E-state index contributed by atoms with van der Waals surface area (Å²) in [6.45, 7) is 1.01. The second kappa shape index (κ2) is 9.30. The number of carbonyl (C=O) groups is 1. The molecule has 1 saturated heterocycles. The molecule has 0 saturated carbocycles. The van der Waals surface area contributed by atoms with E-state index in [1.54, 1.807) is 10.8 Å². The molecular formula is C18H20F3N5O7S. The van der Waals surface area contributed by atoms with Gasteiger partial charge in [0, 0.05) is 17.1 Å². The molecule has 0 aliphatic carbocycles. The first kappa shape index (κ1) is 25.6. The number of hydrogen-bond donors (Lipinski definition) is 5. The van der Waals surface area contributed by atoms with E-state index in [4.69, 9.17) is 25.1 Å². The first-order valence-electron chi connectivity index (χ1n) is 9.40. The number of nitrogens with two attached hydrogens (primary N) is 1. The van der Waals surface area contributed by atoms with Crippen molar-refractivity contribution in [2.45, 2.75) is 37.1 Å². The highest BCUT2D eigenvalue weighted by atomic mass is 32.1. The number of aromatic nitrogens is 4. The van der Waals surface area contributed by atoms with Gasteiger partial charge in [0.15, 0.2) is 6.23 Å². The molecule has 0 bridgehead atoms. The summed E-state index contributed by atoms with van der Waals surface area (Å²) in [4.78, 5) is 21.6. The monoisotopic (exact) mass is 507 g/mol. The highest BCUT2D eigenvalue weighted by molar-refractivity contribution is 7.11. The standard InChI is InChI=1S/C16H19N5O5S.C2HF3O2/c1-16(24)11(23)9(4-22)26-14(16)21-3-7(8-5-27-15(20-8)25-2)10-12(17)18-6-19-13(10)21;3-2(4,5)1(6)7/h3,5-6,9,11,14,22-24H,4H2,1-2H3,(H2,17,18,19);(H,6,7)/t9-,11-,14-,16-;/m1./s1. The summed E-state index contributed by atoms with van der Waals surface area (Å²) in [5.74, 6) is -2.51. The number of thiazole rings is 1. The number of carboxylic acid groups (broad SMARTS) is 1. The van der Waals surface area contributed by atoms with E-state index in [9.17, 15) is 28.5 Å². The molecule has 4 rings (SSSR count). The Kier molecular flexibility index (Phi) is 6.99. The summed E-state index contributed by atoms with van der Waals surface area (Å²) in [6.07, 6.45) is -5.27. The van der Waals surface area contributed by atoms with E-state index in [2.05, 4.69) is 15.0 Å². The Balaban J connectivity index is 0.000000406. The first-order chi connectivity index (χ1) is 15.8. The summed E-state index contributed by atoms with van der Waals surface area (Å²) in [5, 5.41) is 40.5. The molecule has 16 heteroatoms. The average Bonchev–Trinajstić information content (AvgIpc) is 3.44. The molecule has 3 aromatic rings. The van der Waals surface area contributed by atoms with Gasteiger partial charge in [-0.05, 0) is 6.92 Å². The Morgan fingerprint density at radius 2 is 2.06 bits per heavy atom. The number of nitrogen functional groups attached to an aromatic ring is 1. The molecule has 0 aromatic carbocycles. The lowest BCUT2D eigenvalue weighted by Crippen LogP contribution is -2.44. The molecule has 0 amide bonds. The molecule has 34 heavy (non-hydrogen) atoms. The molecule has 4 atom stereocenters. The number of aliphatic hydroxyl groups excluding tert-OH is 2. The molecule has 1 aliphatic heterocycles. The van der Waals surface area contributed by atoms with Crippen LogP contribution in [0, 0.1) is 0 Å². The van der Waals surface area contributed by atoms with E-state index >= 15 is 0 Å². The second-order valence-electron chi connectivity index (χ2n) is 7.29. The molecular weight excluding hydrogens is 487 g/mol. The van der Waals surface area contributed by atoms with Crippen LogP contribution in [0.1, 0.15) is 13.2 Å². The van der Waals surface area contributed by atoms with Crippen molar-refractivity contribution in [1.29, 1.82) is 0 Å². The van der Waals surface area contributed by atoms with E-state index in [1.165, 1.54) is 31.7 Å². The quantitative estimate of drug-likeness (QED) is 0.336. The van der Waals surface area contributed by atoms with Crippen molar-refractivity contribution in [3.05, 3.63) is 17.9 Å². The van der Waals surface area contributed by atoms with Gasteiger partial charge >= 0.3 is 12.1 Å². The van der Waals surface area contributed by atoms with Crippen LogP contribution in [-0.4, -0.2) is 83.6 Å². The number of fused-ring (bicyclic) bond motifs is 1. The SMILES string of the molecule is COc1nc(-c2cn([C@@H]3O[C@H](CO)[C@@H](O)[C@@]3(C)O)c3ncnc(N)c23)cs1.O=C(O)C(F)(F)F. The fraction of sp³-hybridized carbons (Fsp3) is 0.444. The van der Waals surface area contributed by atoms with Crippen LogP contribution in [0.15, 0.2) is 17.9 Å². The molecule has 1 fully saturated rings. The van der Waals surface area contributed by atoms with E-state index in [0.717, 1.165) is 0 Å². The van der Waals surface area contributed by atoms with Crippen LogP contribution in [0.25, 0.3) is 22.3 Å². The largest absolute Gasteiger partial charge is 0.490 e. The number of methoxy groups -OCH3 is 1. The van der Waals surface area contributed by atoms with Crippen molar-refractivity contribution in [3.63, 3.8) is 0 Å². The fourth-order valence-electron chi connectivity index (χ4n) is 3.35. The topological polar surface area (TPSA) is 186 Å². The maximum atomic E-state index is 10.8. The maximum Gasteiger partial charge on any atom is 0.490 e. The first-order valence-corrected chi connectivity index (χ1v) is 10.3. The highest BCUT2D eigenvalue weighted by Gasteiger charge is 2.53. The summed E-state index contributed by atoms with van der Waals surface area (Å²) in [5.41, 5.74) is 6.09. The zero-order valence-corrected chi connectivity index (χ0v) is 18.4. The third-order valence-electron chi connectivity index (χ3n) is 5.00. The van der Waals surface area contributed by atoms with Crippen molar-refractivity contribution in [2.24, 2.45) is 0 Å². The Labute approximate surface area is 193 Å². The molecule has 6 N–H and O–H groups in total. The summed E-state index contributed by atoms with van der Waals surface area (Å²) >= 11 is 1.33. The van der Waals surface area contributed by atoms with Crippen molar-refractivity contribution >= 4 is 34.2 Å². The summed E-state index contributed by atoms with van der Waals surface area (Å²) < 4.78 is 44.2. The summed E-state index contributed by atoms with van der Waals surface area (Å²) in [7, 11) is 1.53. The molecule has 4 heterocycles. The number of aliphatic carboxylic acids is 1. The zero-order valence-electron chi connectivity index (χ0n) is 17.6. The van der Waals surface area contributed by atoms with Gasteiger partial charge in [0.05, 0.1) is 24.8 Å². The van der Waals surface area contributed by atoms with E-state index in [-0.39, 0.29) is 5.82 Å². The number of hydrogen-bond acceptors (Lipinski definition) is 11. The van der Waals surface area contributed by atoms with E-state index < -0.39 is 42.8 Å². The maximum absolute atomic E-state index is 10.8. The minimum absolute atomic E-state index is 0.248. The van der Waals surface area contributed by atoms with Gasteiger partial charge in [-0.25, -0.2) is 19.7 Å². The van der Waals surface area contributed by atoms with Gasteiger partial charge in [0.1, 0.15) is 35.6 Å². The van der Waals surface area contributed by atoms with Gasteiger partial charge in [-0.3, -0.25) is 0 Å². The van der Waals surface area contributed by atoms with Crippen molar-refractivity contribution in [2.75, 3.05) is 19.5 Å². The predicted octanol–water partition coefficient (Wildman–Crippen LogP) is 0.780. The predicted molar refractivity (Wildman–Crippen MR) is 111 cm³/mol. The number of alkyl halides is 3. The number of aliphatic hydroxyl groups is 3. The molecule has 12 nitrogen and oxygen atoms in total. The number of halogens is 3. The molecule has 3 aromatic heterocycles. The third kappa shape index (κ3) is 4.62. The van der Waals surface area contributed by atoms with Crippen LogP contribution in [-0.2, 0) is 9.53 Å². The Morgan fingerprint density at radius 3 is 2.56 bits per heavy atom. The van der Waals surface area contributed by atoms with E-state index in [1.807, 2.05) is 5.38 Å². The lowest BCUT2D eigenvalue weighted by Gasteiger charge is -2.27. The number of rotatable bonds is 4. The lowest BCUT2D eigenvalue weighted by molar-refractivity contribution is -0.192. The van der Waals surface area contributed by atoms with Gasteiger partial charge in [-0.2, -0.15) is 13.2 Å². The zero-order chi connectivity index (χ0) is 25.4. The van der Waals surface area contributed by atoms with Crippen LogP contribution in [0.4, 0.5) is 19.0 Å². The van der Waals surface area contributed by atoms with Crippen LogP contribution < -0.4 is 10.5 Å². The van der Waals surface area contributed by atoms with Crippen molar-refractivity contribution in [3.8, 4) is 16.5 Å². The number of anilines is 1. The fourth-order valence-corrected chi connectivity index (χ4v) is 3.99. The van der Waals surface area contributed by atoms with Gasteiger partial charge in [0.2, 0.25) is 0 Å². The minimum atomic E-state index is -5.08. The smallest absolute Gasteiger partial charge is 0.475 e. The van der Waals surface area contributed by atoms with Crippen LogP contribution in [0.3, 0.4) is 0 Å². The van der Waals surface area contributed by atoms with Crippen LogP contribution >= 0.6 is 11.3 Å². The molecule has 1 aliphatic rings. The van der Waals surface area contributed by atoms with Gasteiger partial charge in [-0.1, -0.05) is 11.3 Å². The third-order valence-corrected chi connectivity index (χ3v) is 5.80. The van der Waals surface area contributed by atoms with Crippen molar-refractivity contribution in [1.82, 2.24) is 19.5 Å². The minimum Gasteiger partial charge on any atom is -0.475 e. The Morgan fingerprint density at radius 1 is 1.41 bits per heavy atom. The summed E-state index contributed by atoms with van der Waals surface area (Å²) in [6, 6.07) is 0. The van der Waals surface area contributed by atoms with Crippen LogP contribution in [0.2, 0.25) is 0 Å². The molecule has 0 spiro atoms. The van der Waals surface area contributed by atoms with Gasteiger partial charge in [0.25, 0.3) is 5.19 Å². The second-order valence-corrected chi connectivity index (χ2v) is 8.11. The number of carboxylic acids is 1. The highest BCUT2D eigenvalue weighted by Crippen LogP contribution is 2.43. The van der Waals surface area contributed by atoms with Gasteiger partial charge < -0.3 is 40.2 Å². The van der Waals surface area contributed by atoms with Crippen molar-refractivity contribution < 1.29 is 47.9 Å². The normalized spacial score (nSPS) is 24.6. The molecule has 0 unspecified atom stereocenters. The van der Waals surface area contributed by atoms with E-state index in [0.29, 0.717) is 27.5 Å². The van der Waals surface area contributed by atoms with Crippen LogP contribution in [0.5, 0.6) is 5.19 Å². The Bertz CT molecular complexity index is 1180. The Hall–Kier alpha value is -3.05. The average molecular weight is 507 g/mol. The number of ether oxygens (including phenoxy) is 2. The molecule has 0 radical (unpaired) electrons. The lowest BCUT2D eigenvalue weighted by atomic mass is 9.96. The molecule has 186 valence electrons. The van der Waals surface area contributed by atoms with Gasteiger partial charge in [-0.15, -0.1) is 0 Å². The number of nitrogens with zero attached hydrogens (tertiary/aromatic N) is 4.